The summed E-state index contributed by atoms with van der Waals surface area (Å²) in [4.78, 5) is 2.44. The highest BCUT2D eigenvalue weighted by atomic mass is 32.2. The summed E-state index contributed by atoms with van der Waals surface area (Å²) in [5.74, 6) is 0. The molecule has 3 heterocycles. The summed E-state index contributed by atoms with van der Waals surface area (Å²) in [5.41, 5.74) is 0. The Balaban J connectivity index is 1.73. The van der Waals surface area contributed by atoms with Gasteiger partial charge >= 0.3 is 0 Å². The van der Waals surface area contributed by atoms with Crippen LogP contribution in [-0.4, -0.2) is 38.5 Å². The molecule has 0 unspecified atom stereocenters. The van der Waals surface area contributed by atoms with Crippen molar-refractivity contribution >= 4 is 21.4 Å². The number of hydrogen-bond donors (Lipinski definition) is 1. The molecule has 0 aliphatic carbocycles. The van der Waals surface area contributed by atoms with Gasteiger partial charge in [0.1, 0.15) is 4.21 Å². The van der Waals surface area contributed by atoms with Crippen LogP contribution in [0.15, 0.2) is 21.7 Å². The van der Waals surface area contributed by atoms with E-state index in [9.17, 15) is 8.42 Å². The van der Waals surface area contributed by atoms with Crippen molar-refractivity contribution < 1.29 is 8.42 Å². The second-order valence-electron chi connectivity index (χ2n) is 5.05. The van der Waals surface area contributed by atoms with Gasteiger partial charge in [0.25, 0.3) is 0 Å². The zero-order valence-corrected chi connectivity index (χ0v) is 11.8. The summed E-state index contributed by atoms with van der Waals surface area (Å²) < 4.78 is 27.7. The summed E-state index contributed by atoms with van der Waals surface area (Å²) >= 11 is 1.28. The van der Waals surface area contributed by atoms with Crippen molar-refractivity contribution in [2.45, 2.75) is 42.0 Å². The van der Waals surface area contributed by atoms with Crippen LogP contribution in [-0.2, 0) is 10.0 Å². The normalized spacial score (nSPS) is 29.3. The van der Waals surface area contributed by atoms with Gasteiger partial charge in [0.15, 0.2) is 0 Å². The molecule has 3 rings (SSSR count). The molecule has 0 bridgehead atoms. The maximum atomic E-state index is 12.2. The molecular weight excluding hydrogens is 268 g/mol. The van der Waals surface area contributed by atoms with Crippen molar-refractivity contribution in [3.8, 4) is 0 Å². The maximum Gasteiger partial charge on any atom is 0.250 e. The van der Waals surface area contributed by atoms with Crippen LogP contribution in [0.25, 0.3) is 0 Å². The van der Waals surface area contributed by atoms with Crippen LogP contribution in [0, 0.1) is 0 Å². The van der Waals surface area contributed by atoms with Gasteiger partial charge in [0.2, 0.25) is 10.0 Å². The van der Waals surface area contributed by atoms with E-state index in [2.05, 4.69) is 9.62 Å². The lowest BCUT2D eigenvalue weighted by Crippen LogP contribution is -2.46. The van der Waals surface area contributed by atoms with Crippen LogP contribution < -0.4 is 4.72 Å². The molecule has 2 atom stereocenters. The Labute approximate surface area is 112 Å². The molecule has 6 heteroatoms. The van der Waals surface area contributed by atoms with E-state index < -0.39 is 10.0 Å². The molecule has 4 nitrogen and oxygen atoms in total. The zero-order valence-electron chi connectivity index (χ0n) is 10.2. The minimum atomic E-state index is -3.31. The quantitative estimate of drug-likeness (QED) is 0.919. The van der Waals surface area contributed by atoms with Gasteiger partial charge < -0.3 is 0 Å². The molecule has 2 aliphatic heterocycles. The molecule has 0 spiro atoms. The molecule has 1 aromatic rings. The van der Waals surface area contributed by atoms with Crippen LogP contribution in [0.4, 0.5) is 0 Å². The van der Waals surface area contributed by atoms with E-state index in [1.54, 1.807) is 17.5 Å². The van der Waals surface area contributed by atoms with Gasteiger partial charge in [-0.25, -0.2) is 13.1 Å². The third-order valence-corrected chi connectivity index (χ3v) is 6.81. The first kappa shape index (κ1) is 12.6. The first-order chi connectivity index (χ1) is 8.67. The molecule has 0 aromatic carbocycles. The SMILES string of the molecule is O=S(=O)(N[C@@H]1CCN2CCCC[C@H]12)c1cccs1. The van der Waals surface area contributed by atoms with Crippen molar-refractivity contribution in [2.75, 3.05) is 13.1 Å². The Bertz CT molecular complexity index is 498. The average Bonchev–Trinajstić information content (AvgIpc) is 2.99. The molecule has 2 saturated heterocycles. The molecule has 1 aromatic heterocycles. The largest absolute Gasteiger partial charge is 0.299 e. The summed E-state index contributed by atoms with van der Waals surface area (Å²) in [6.07, 6.45) is 4.53. The summed E-state index contributed by atoms with van der Waals surface area (Å²) in [7, 11) is -3.31. The lowest BCUT2D eigenvalue weighted by molar-refractivity contribution is 0.186. The molecule has 18 heavy (non-hydrogen) atoms. The van der Waals surface area contributed by atoms with Crippen molar-refractivity contribution in [1.82, 2.24) is 9.62 Å². The molecule has 1 N–H and O–H groups in total. The van der Waals surface area contributed by atoms with Crippen molar-refractivity contribution in [3.63, 3.8) is 0 Å². The maximum absolute atomic E-state index is 12.2. The molecule has 0 radical (unpaired) electrons. The van der Waals surface area contributed by atoms with Crippen LogP contribution in [0.1, 0.15) is 25.7 Å². The van der Waals surface area contributed by atoms with Crippen molar-refractivity contribution in [1.29, 1.82) is 0 Å². The highest BCUT2D eigenvalue weighted by molar-refractivity contribution is 7.91. The van der Waals surface area contributed by atoms with Crippen molar-refractivity contribution in [2.24, 2.45) is 0 Å². The van der Waals surface area contributed by atoms with Gasteiger partial charge in [-0.1, -0.05) is 12.5 Å². The molecule has 100 valence electrons. The fraction of sp³-hybridized carbons (Fsp3) is 0.667. The minimum absolute atomic E-state index is 0.0948. The number of rotatable bonds is 3. The minimum Gasteiger partial charge on any atom is -0.299 e. The summed E-state index contributed by atoms with van der Waals surface area (Å²) in [6, 6.07) is 3.95. The van der Waals surface area contributed by atoms with Gasteiger partial charge in [-0.15, -0.1) is 11.3 Å². The number of nitrogens with one attached hydrogen (secondary N) is 1. The lowest BCUT2D eigenvalue weighted by atomic mass is 10.00. The van der Waals surface area contributed by atoms with Gasteiger partial charge in [0, 0.05) is 18.6 Å². The highest BCUT2D eigenvalue weighted by Gasteiger charge is 2.37. The van der Waals surface area contributed by atoms with Crippen LogP contribution in [0.3, 0.4) is 0 Å². The molecular formula is C12H18N2O2S2. The van der Waals surface area contributed by atoms with Gasteiger partial charge in [-0.3, -0.25) is 4.90 Å². The Morgan fingerprint density at radius 3 is 2.94 bits per heavy atom. The first-order valence-corrected chi connectivity index (χ1v) is 8.83. The molecule has 2 aliphatic rings. The fourth-order valence-corrected chi connectivity index (χ4v) is 5.37. The van der Waals surface area contributed by atoms with Gasteiger partial charge in [-0.2, -0.15) is 0 Å². The summed E-state index contributed by atoms with van der Waals surface area (Å²) in [5, 5.41) is 1.80. The third kappa shape index (κ3) is 2.34. The topological polar surface area (TPSA) is 49.4 Å². The summed E-state index contributed by atoms with van der Waals surface area (Å²) in [6.45, 7) is 2.16. The Kier molecular flexibility index (Phi) is 3.44. The van der Waals surface area contributed by atoms with E-state index in [0.717, 1.165) is 25.9 Å². The average molecular weight is 286 g/mol. The second-order valence-corrected chi connectivity index (χ2v) is 7.94. The van der Waals surface area contributed by atoms with E-state index in [-0.39, 0.29) is 6.04 Å². The predicted octanol–water partition coefficient (Wildman–Crippen LogP) is 1.65. The Morgan fingerprint density at radius 2 is 2.17 bits per heavy atom. The monoisotopic (exact) mass is 286 g/mol. The standard InChI is InChI=1S/C12H18N2O2S2/c15-18(16,12-5-3-9-17-12)13-10-6-8-14-7-2-1-4-11(10)14/h3,5,9-11,13H,1-2,4,6-8H2/t10-,11-/m1/s1. The Morgan fingerprint density at radius 1 is 1.28 bits per heavy atom. The number of thiophene rings is 1. The molecule has 0 amide bonds. The lowest BCUT2D eigenvalue weighted by Gasteiger charge is -2.32. The highest BCUT2D eigenvalue weighted by Crippen LogP contribution is 2.28. The van der Waals surface area contributed by atoms with E-state index in [1.807, 2.05) is 0 Å². The second kappa shape index (κ2) is 4.92. The number of sulfonamides is 1. The first-order valence-electron chi connectivity index (χ1n) is 6.47. The van der Waals surface area contributed by atoms with E-state index in [0.29, 0.717) is 10.3 Å². The van der Waals surface area contributed by atoms with Crippen LogP contribution >= 0.6 is 11.3 Å². The van der Waals surface area contributed by atoms with Crippen LogP contribution in [0.2, 0.25) is 0 Å². The number of piperidine rings is 1. The smallest absolute Gasteiger partial charge is 0.250 e. The number of nitrogens with zero attached hydrogens (tertiary/aromatic N) is 1. The van der Waals surface area contributed by atoms with Gasteiger partial charge in [0.05, 0.1) is 0 Å². The van der Waals surface area contributed by atoms with E-state index in [1.165, 1.54) is 24.2 Å². The third-order valence-electron chi connectivity index (χ3n) is 3.92. The van der Waals surface area contributed by atoms with Crippen molar-refractivity contribution in [3.05, 3.63) is 17.5 Å². The van der Waals surface area contributed by atoms with E-state index >= 15 is 0 Å². The van der Waals surface area contributed by atoms with Gasteiger partial charge in [-0.05, 0) is 37.3 Å². The predicted molar refractivity (Wildman–Crippen MR) is 72.3 cm³/mol. The zero-order chi connectivity index (χ0) is 12.6. The fourth-order valence-electron chi connectivity index (χ4n) is 3.06. The van der Waals surface area contributed by atoms with E-state index in [4.69, 9.17) is 0 Å². The Hall–Kier alpha value is -0.430. The number of fused-ring (bicyclic) bond motifs is 1. The van der Waals surface area contributed by atoms with Crippen LogP contribution in [0.5, 0.6) is 0 Å². The number of hydrogen-bond acceptors (Lipinski definition) is 4. The molecule has 0 saturated carbocycles. The molecule has 2 fully saturated rings.